The van der Waals surface area contributed by atoms with Crippen LogP contribution >= 0.6 is 0 Å². The Morgan fingerprint density at radius 2 is 1.81 bits per heavy atom. The van der Waals surface area contributed by atoms with E-state index in [0.29, 0.717) is 0 Å². The average Bonchev–Trinajstić information content (AvgIpc) is 3.25. The van der Waals surface area contributed by atoms with Crippen LogP contribution in [-0.4, -0.2) is 71.3 Å². The summed E-state index contributed by atoms with van der Waals surface area (Å²) in [5.74, 6) is 1.16. The normalized spacial score (nSPS) is 25.3. The minimum absolute atomic E-state index is 0.278. The van der Waals surface area contributed by atoms with Crippen LogP contribution in [0.3, 0.4) is 0 Å². The van der Waals surface area contributed by atoms with Crippen molar-refractivity contribution in [2.45, 2.75) is 50.5 Å². The largest absolute Gasteiger partial charge is 0.338 e. The Morgan fingerprint density at radius 3 is 2.46 bits per heavy atom. The van der Waals surface area contributed by atoms with Crippen LogP contribution in [0.1, 0.15) is 44.9 Å². The molecule has 0 radical (unpaired) electrons. The molecule has 4 rings (SSSR count). The van der Waals surface area contributed by atoms with Crippen LogP contribution in [-0.2, 0) is 10.3 Å². The number of hydrogen-bond acceptors (Lipinski definition) is 4. The molecule has 1 aliphatic carbocycles. The van der Waals surface area contributed by atoms with E-state index in [1.54, 1.807) is 6.20 Å². The second-order valence-corrected chi connectivity index (χ2v) is 8.33. The fraction of sp³-hybridized carbons (Fsp3) is 0.800. The average molecular weight is 360 g/mol. The van der Waals surface area contributed by atoms with Gasteiger partial charge in [-0.05, 0) is 50.8 Å². The van der Waals surface area contributed by atoms with Gasteiger partial charge in [-0.25, -0.2) is 0 Å². The summed E-state index contributed by atoms with van der Waals surface area (Å²) in [5, 5.41) is 7.84. The van der Waals surface area contributed by atoms with E-state index >= 15 is 0 Å². The Morgan fingerprint density at radius 1 is 1.08 bits per heavy atom. The molecule has 3 fully saturated rings. The number of hydrogen-bond donors (Lipinski definition) is 1. The maximum atomic E-state index is 13.5. The van der Waals surface area contributed by atoms with Gasteiger partial charge in [0.25, 0.3) is 5.91 Å². The molecule has 1 N–H and O–H groups in total. The molecule has 0 atom stereocenters. The molecule has 1 amide bonds. The summed E-state index contributed by atoms with van der Waals surface area (Å²) in [6, 6.07) is 1.93. The molecule has 26 heavy (non-hydrogen) atoms. The number of piperidine rings is 1. The van der Waals surface area contributed by atoms with Gasteiger partial charge in [0.2, 0.25) is 0 Å². The highest BCUT2D eigenvalue weighted by molar-refractivity contribution is 5.84. The van der Waals surface area contributed by atoms with E-state index in [1.165, 1.54) is 38.6 Å². The highest BCUT2D eigenvalue weighted by Gasteiger charge is 2.44. The van der Waals surface area contributed by atoms with Crippen molar-refractivity contribution in [2.24, 2.45) is 5.92 Å². The third kappa shape index (κ3) is 3.67. The highest BCUT2D eigenvalue weighted by Crippen LogP contribution is 2.30. The summed E-state index contributed by atoms with van der Waals surface area (Å²) in [7, 11) is 0. The lowest BCUT2D eigenvalue weighted by Crippen LogP contribution is -2.59. The summed E-state index contributed by atoms with van der Waals surface area (Å²) in [5.41, 5.74) is -0.486. The molecule has 144 valence electrons. The van der Waals surface area contributed by atoms with Crippen LogP contribution in [0.2, 0.25) is 0 Å². The third-order valence-electron chi connectivity index (χ3n) is 6.67. The molecule has 0 spiro atoms. The number of rotatable bonds is 4. The number of carbonyl (C=O) groups excluding carboxylic acids is 1. The van der Waals surface area contributed by atoms with Crippen LogP contribution in [0, 0.1) is 5.92 Å². The number of nitrogens with zero attached hydrogens (tertiary/aromatic N) is 4. The summed E-state index contributed by atoms with van der Waals surface area (Å²) in [6.45, 7) is 6.77. The van der Waals surface area contributed by atoms with Gasteiger partial charge < -0.3 is 10.2 Å². The van der Waals surface area contributed by atoms with E-state index in [-0.39, 0.29) is 5.91 Å². The van der Waals surface area contributed by atoms with Crippen molar-refractivity contribution in [1.29, 1.82) is 0 Å². The van der Waals surface area contributed by atoms with Gasteiger partial charge in [-0.1, -0.05) is 19.3 Å². The second kappa shape index (κ2) is 8.09. The van der Waals surface area contributed by atoms with Gasteiger partial charge in [-0.2, -0.15) is 5.10 Å². The van der Waals surface area contributed by atoms with E-state index < -0.39 is 5.54 Å². The third-order valence-corrected chi connectivity index (χ3v) is 6.67. The molecule has 6 heteroatoms. The fourth-order valence-electron chi connectivity index (χ4n) is 5.07. The van der Waals surface area contributed by atoms with Gasteiger partial charge in [0, 0.05) is 45.1 Å². The molecule has 0 unspecified atom stereocenters. The van der Waals surface area contributed by atoms with E-state index in [2.05, 4.69) is 20.2 Å². The topological polar surface area (TPSA) is 53.4 Å². The summed E-state index contributed by atoms with van der Waals surface area (Å²) < 4.78 is 1.92. The molecule has 1 aromatic heterocycles. The van der Waals surface area contributed by atoms with Crippen molar-refractivity contribution < 1.29 is 4.79 Å². The molecule has 3 aliphatic rings. The number of aromatic nitrogens is 2. The van der Waals surface area contributed by atoms with Gasteiger partial charge in [0.15, 0.2) is 0 Å². The van der Waals surface area contributed by atoms with Crippen molar-refractivity contribution in [3.63, 3.8) is 0 Å². The summed E-state index contributed by atoms with van der Waals surface area (Å²) in [6.07, 6.45) is 12.4. The van der Waals surface area contributed by atoms with Crippen LogP contribution in [0.5, 0.6) is 0 Å². The fourth-order valence-corrected chi connectivity index (χ4v) is 5.07. The van der Waals surface area contributed by atoms with E-state index in [4.69, 9.17) is 0 Å². The van der Waals surface area contributed by atoms with Crippen molar-refractivity contribution in [2.75, 3.05) is 45.8 Å². The van der Waals surface area contributed by atoms with Crippen LogP contribution in [0.25, 0.3) is 0 Å². The second-order valence-electron chi connectivity index (χ2n) is 8.33. The quantitative estimate of drug-likeness (QED) is 0.889. The molecule has 2 aliphatic heterocycles. The van der Waals surface area contributed by atoms with Gasteiger partial charge >= 0.3 is 0 Å². The van der Waals surface area contributed by atoms with Crippen LogP contribution in [0.4, 0.5) is 0 Å². The Bertz CT molecular complexity index is 567. The summed E-state index contributed by atoms with van der Waals surface area (Å²) >= 11 is 0. The van der Waals surface area contributed by atoms with E-state index in [1.807, 2.05) is 16.9 Å². The monoisotopic (exact) mass is 359 g/mol. The molecular weight excluding hydrogens is 326 g/mol. The van der Waals surface area contributed by atoms with Crippen molar-refractivity contribution in [3.05, 3.63) is 18.5 Å². The summed E-state index contributed by atoms with van der Waals surface area (Å²) in [4.78, 5) is 18.2. The first-order valence-corrected chi connectivity index (χ1v) is 10.5. The predicted molar refractivity (Wildman–Crippen MR) is 102 cm³/mol. The first kappa shape index (κ1) is 18.0. The Hall–Kier alpha value is -1.40. The Balaban J connectivity index is 1.37. The molecule has 6 nitrogen and oxygen atoms in total. The van der Waals surface area contributed by atoms with E-state index in [0.717, 1.165) is 58.0 Å². The molecule has 0 bridgehead atoms. The molecular formula is C20H33N5O. The van der Waals surface area contributed by atoms with Crippen molar-refractivity contribution in [3.8, 4) is 0 Å². The number of amides is 1. The maximum absolute atomic E-state index is 13.5. The standard InChI is InChI=1S/C20H33N5O/c26-19(20(7-10-21-11-8-20)25-12-4-9-22-25)24-15-13-23(14-16-24)17-18-5-2-1-3-6-18/h4,9,12,18,21H,1-3,5-8,10-11,13-17H2. The van der Waals surface area contributed by atoms with Crippen molar-refractivity contribution in [1.82, 2.24) is 24.9 Å². The van der Waals surface area contributed by atoms with E-state index in [9.17, 15) is 4.79 Å². The Kier molecular flexibility index (Phi) is 5.60. The highest BCUT2D eigenvalue weighted by atomic mass is 16.2. The lowest BCUT2D eigenvalue weighted by Gasteiger charge is -2.43. The smallest absolute Gasteiger partial charge is 0.250 e. The number of nitrogens with one attached hydrogen (secondary N) is 1. The molecule has 2 saturated heterocycles. The van der Waals surface area contributed by atoms with Gasteiger partial charge in [0.1, 0.15) is 5.54 Å². The first-order valence-electron chi connectivity index (χ1n) is 10.5. The molecule has 0 aromatic carbocycles. The Labute approximate surface area is 156 Å². The SMILES string of the molecule is O=C(N1CCN(CC2CCCCC2)CC1)C1(n2cccn2)CCNCC1. The zero-order chi connectivity index (χ0) is 17.8. The number of piperazine rings is 1. The first-order chi connectivity index (χ1) is 12.8. The van der Waals surface area contributed by atoms with Gasteiger partial charge in [0.05, 0.1) is 0 Å². The minimum atomic E-state index is -0.486. The number of carbonyl (C=O) groups is 1. The lowest BCUT2D eigenvalue weighted by molar-refractivity contribution is -0.145. The van der Waals surface area contributed by atoms with Crippen LogP contribution < -0.4 is 5.32 Å². The zero-order valence-electron chi connectivity index (χ0n) is 15.9. The maximum Gasteiger partial charge on any atom is 0.250 e. The molecule has 1 aromatic rings. The van der Waals surface area contributed by atoms with Crippen LogP contribution in [0.15, 0.2) is 18.5 Å². The predicted octanol–water partition coefficient (Wildman–Crippen LogP) is 1.69. The van der Waals surface area contributed by atoms with Crippen molar-refractivity contribution >= 4 is 5.91 Å². The van der Waals surface area contributed by atoms with Gasteiger partial charge in [-0.3, -0.25) is 14.4 Å². The van der Waals surface area contributed by atoms with Gasteiger partial charge in [-0.15, -0.1) is 0 Å². The molecule has 1 saturated carbocycles. The lowest BCUT2D eigenvalue weighted by atomic mass is 9.86. The molecule has 3 heterocycles. The minimum Gasteiger partial charge on any atom is -0.338 e. The zero-order valence-corrected chi connectivity index (χ0v) is 15.9.